The lowest BCUT2D eigenvalue weighted by Crippen LogP contribution is -2.40. The molecule has 1 saturated heterocycles. The minimum atomic E-state index is -4.16. The van der Waals surface area contributed by atoms with E-state index in [0.717, 1.165) is 5.56 Å². The highest BCUT2D eigenvalue weighted by Crippen LogP contribution is 2.50. The largest absolute Gasteiger partial charge is 0.481 e. The predicted octanol–water partition coefficient (Wildman–Crippen LogP) is 5.58. The molecule has 38 heavy (non-hydrogen) atoms. The fraction of sp³-hybridized carbons (Fsp3) is 0.500. The van der Waals surface area contributed by atoms with E-state index in [9.17, 15) is 27.5 Å². The third-order valence-electron chi connectivity index (χ3n) is 6.37. The fourth-order valence-electron chi connectivity index (χ4n) is 4.88. The maximum absolute atomic E-state index is 14.3. The number of halogens is 1. The first-order valence-corrected chi connectivity index (χ1v) is 15.2. The van der Waals surface area contributed by atoms with Crippen LogP contribution in [-0.4, -0.2) is 52.4 Å². The minimum Gasteiger partial charge on any atom is -0.481 e. The molecule has 208 valence electrons. The van der Waals surface area contributed by atoms with Gasteiger partial charge in [-0.2, -0.15) is 16.1 Å². The van der Waals surface area contributed by atoms with Crippen molar-refractivity contribution in [1.82, 2.24) is 4.31 Å². The molecule has 7 nitrogen and oxygen atoms in total. The summed E-state index contributed by atoms with van der Waals surface area (Å²) in [6.45, 7) is 9.06. The van der Waals surface area contributed by atoms with Crippen LogP contribution in [0.2, 0.25) is 0 Å². The molecule has 0 radical (unpaired) electrons. The van der Waals surface area contributed by atoms with Gasteiger partial charge in [-0.05, 0) is 63.9 Å². The molecule has 4 atom stereocenters. The average Bonchev–Trinajstić information content (AvgIpc) is 3.13. The van der Waals surface area contributed by atoms with Crippen LogP contribution >= 0.6 is 11.8 Å². The number of carbonyl (C=O) groups excluding carboxylic acids is 1. The van der Waals surface area contributed by atoms with Crippen LogP contribution in [0.4, 0.5) is 4.39 Å². The average molecular weight is 566 g/mol. The number of aliphatic carboxylic acids is 1. The van der Waals surface area contributed by atoms with Gasteiger partial charge in [0.2, 0.25) is 10.0 Å². The van der Waals surface area contributed by atoms with Gasteiger partial charge in [-0.25, -0.2) is 12.8 Å². The number of thioether (sulfide) groups is 1. The number of sulfonamides is 1. The quantitative estimate of drug-likeness (QED) is 0.375. The van der Waals surface area contributed by atoms with Gasteiger partial charge < -0.3 is 9.84 Å². The fourth-order valence-corrected chi connectivity index (χ4v) is 8.35. The van der Waals surface area contributed by atoms with Crippen molar-refractivity contribution in [2.75, 3.05) is 5.75 Å². The number of carboxylic acids is 1. The van der Waals surface area contributed by atoms with Gasteiger partial charge in [-0.3, -0.25) is 9.59 Å². The van der Waals surface area contributed by atoms with Gasteiger partial charge in [0.05, 0.1) is 23.3 Å². The standard InChI is InChI=1S/C28H36FNO6S2/c1-6-8-22-26(37-16-15-23(31)36-28(3,4)5)24(27(32)33)25(19-9-7-10-20(29)17-19)30(22)38(34,35)21-13-11-18(2)12-14-21/h7,9-14,17,22,24-26H,6,8,15-16H2,1-5H3,(H,32,33)/t22?,24-,25?,26?/m0/s1. The summed E-state index contributed by atoms with van der Waals surface area (Å²) in [5.41, 5.74) is 0.519. The van der Waals surface area contributed by atoms with Crippen molar-refractivity contribution in [3.05, 3.63) is 65.5 Å². The van der Waals surface area contributed by atoms with Crippen LogP contribution in [0, 0.1) is 18.7 Å². The highest BCUT2D eigenvalue weighted by molar-refractivity contribution is 8.00. The predicted molar refractivity (Wildman–Crippen MR) is 146 cm³/mol. The molecule has 0 spiro atoms. The Hall–Kier alpha value is -2.43. The highest BCUT2D eigenvalue weighted by atomic mass is 32.2. The molecule has 0 bridgehead atoms. The number of esters is 1. The normalized spacial score (nSPS) is 22.4. The van der Waals surface area contributed by atoms with Gasteiger partial charge in [0.25, 0.3) is 0 Å². The van der Waals surface area contributed by atoms with E-state index in [1.54, 1.807) is 39.0 Å². The zero-order chi connectivity index (χ0) is 28.3. The lowest BCUT2D eigenvalue weighted by atomic mass is 9.92. The van der Waals surface area contributed by atoms with Gasteiger partial charge in [-0.1, -0.05) is 43.2 Å². The molecule has 2 aromatic carbocycles. The van der Waals surface area contributed by atoms with Crippen molar-refractivity contribution in [3.63, 3.8) is 0 Å². The van der Waals surface area contributed by atoms with E-state index in [2.05, 4.69) is 0 Å². The maximum Gasteiger partial charge on any atom is 0.309 e. The first-order chi connectivity index (χ1) is 17.8. The molecule has 1 aliphatic rings. The summed E-state index contributed by atoms with van der Waals surface area (Å²) in [5, 5.41) is 9.74. The first kappa shape index (κ1) is 30.1. The molecule has 1 heterocycles. The number of carbonyl (C=O) groups is 2. The van der Waals surface area contributed by atoms with Gasteiger partial charge >= 0.3 is 11.9 Å². The van der Waals surface area contributed by atoms with E-state index < -0.39 is 56.6 Å². The molecule has 1 fully saturated rings. The molecular weight excluding hydrogens is 529 g/mol. The van der Waals surface area contributed by atoms with E-state index in [4.69, 9.17) is 4.74 Å². The number of hydrogen-bond acceptors (Lipinski definition) is 6. The van der Waals surface area contributed by atoms with Crippen molar-refractivity contribution < 1.29 is 32.2 Å². The summed E-state index contributed by atoms with van der Waals surface area (Å²) < 4.78 is 49.2. The number of rotatable bonds is 10. The molecule has 0 amide bonds. The SMILES string of the molecule is CCCC1C(SCCC(=O)OC(C)(C)C)[C@@H](C(=O)O)C(c2cccc(F)c2)N1S(=O)(=O)c1ccc(C)cc1. The number of hydrogen-bond donors (Lipinski definition) is 1. The van der Waals surface area contributed by atoms with Gasteiger partial charge in [0.1, 0.15) is 11.4 Å². The molecular formula is C28H36FNO6S2. The molecule has 1 aliphatic heterocycles. The summed E-state index contributed by atoms with van der Waals surface area (Å²) >= 11 is 1.26. The van der Waals surface area contributed by atoms with E-state index in [1.165, 1.54) is 46.4 Å². The monoisotopic (exact) mass is 565 g/mol. The number of aryl methyl sites for hydroxylation is 1. The third kappa shape index (κ3) is 6.95. The van der Waals surface area contributed by atoms with Crippen LogP contribution in [0.25, 0.3) is 0 Å². The van der Waals surface area contributed by atoms with Crippen LogP contribution in [0.15, 0.2) is 53.4 Å². The molecule has 10 heteroatoms. The van der Waals surface area contributed by atoms with E-state index in [1.807, 2.05) is 13.8 Å². The Kier molecular flexibility index (Phi) is 9.65. The van der Waals surface area contributed by atoms with Gasteiger partial charge in [-0.15, -0.1) is 0 Å². The second kappa shape index (κ2) is 12.2. The number of nitrogens with zero attached hydrogens (tertiary/aromatic N) is 1. The Bertz CT molecular complexity index is 1240. The Morgan fingerprint density at radius 2 is 1.79 bits per heavy atom. The molecule has 3 rings (SSSR count). The highest BCUT2D eigenvalue weighted by Gasteiger charge is 2.57. The van der Waals surface area contributed by atoms with Crippen LogP contribution in [0.3, 0.4) is 0 Å². The van der Waals surface area contributed by atoms with Gasteiger partial charge in [0, 0.05) is 17.0 Å². The molecule has 0 saturated carbocycles. The third-order valence-corrected chi connectivity index (χ3v) is 9.72. The first-order valence-electron chi connectivity index (χ1n) is 12.7. The zero-order valence-electron chi connectivity index (χ0n) is 22.4. The van der Waals surface area contributed by atoms with Crippen molar-refractivity contribution in [2.24, 2.45) is 5.92 Å². The molecule has 2 aromatic rings. The zero-order valence-corrected chi connectivity index (χ0v) is 24.0. The number of ether oxygens (including phenoxy) is 1. The lowest BCUT2D eigenvalue weighted by molar-refractivity contribution is -0.154. The van der Waals surface area contributed by atoms with Crippen molar-refractivity contribution in [1.29, 1.82) is 0 Å². The van der Waals surface area contributed by atoms with Crippen molar-refractivity contribution >= 4 is 33.7 Å². The van der Waals surface area contributed by atoms with Crippen LogP contribution in [0.5, 0.6) is 0 Å². The Morgan fingerprint density at radius 3 is 2.34 bits per heavy atom. The Balaban J connectivity index is 2.08. The van der Waals surface area contributed by atoms with E-state index in [-0.39, 0.29) is 22.6 Å². The second-order valence-electron chi connectivity index (χ2n) is 10.5. The topological polar surface area (TPSA) is 101 Å². The number of carboxylic acid groups (broad SMARTS) is 1. The van der Waals surface area contributed by atoms with Crippen LogP contribution < -0.4 is 0 Å². The molecule has 0 aromatic heterocycles. The van der Waals surface area contributed by atoms with E-state index in [0.29, 0.717) is 12.8 Å². The summed E-state index contributed by atoms with van der Waals surface area (Å²) in [6.07, 6.45) is 1.07. The summed E-state index contributed by atoms with van der Waals surface area (Å²) in [5.74, 6) is -3.05. The minimum absolute atomic E-state index is 0.0501. The summed E-state index contributed by atoms with van der Waals surface area (Å²) in [6, 6.07) is 10.1. The Labute approximate surface area is 228 Å². The van der Waals surface area contributed by atoms with Crippen molar-refractivity contribution in [3.8, 4) is 0 Å². The lowest BCUT2D eigenvalue weighted by Gasteiger charge is -2.31. The summed E-state index contributed by atoms with van der Waals surface area (Å²) in [4.78, 5) is 25.1. The maximum atomic E-state index is 14.3. The van der Waals surface area contributed by atoms with E-state index >= 15 is 0 Å². The molecule has 3 unspecified atom stereocenters. The van der Waals surface area contributed by atoms with Crippen molar-refractivity contribution in [2.45, 2.75) is 81.7 Å². The molecule has 0 aliphatic carbocycles. The second-order valence-corrected chi connectivity index (χ2v) is 13.7. The molecule has 1 N–H and O–H groups in total. The smallest absolute Gasteiger partial charge is 0.309 e. The van der Waals surface area contributed by atoms with Crippen LogP contribution in [-0.2, 0) is 24.3 Å². The Morgan fingerprint density at radius 1 is 1.13 bits per heavy atom. The van der Waals surface area contributed by atoms with Crippen LogP contribution in [0.1, 0.15) is 64.1 Å². The summed E-state index contributed by atoms with van der Waals surface area (Å²) in [7, 11) is -4.16. The van der Waals surface area contributed by atoms with Gasteiger partial charge in [0.15, 0.2) is 0 Å². The number of benzene rings is 2.